The van der Waals surface area contributed by atoms with Gasteiger partial charge in [0.2, 0.25) is 0 Å². The van der Waals surface area contributed by atoms with Gasteiger partial charge in [-0.15, -0.1) is 0 Å². The van der Waals surface area contributed by atoms with Crippen molar-refractivity contribution >= 4 is 0 Å². The Morgan fingerprint density at radius 3 is 1.98 bits per heavy atom. The van der Waals surface area contributed by atoms with Gasteiger partial charge in [-0.05, 0) is 106 Å². The van der Waals surface area contributed by atoms with Gasteiger partial charge in [-0.1, -0.05) is 51.5 Å². The lowest BCUT2D eigenvalue weighted by atomic mass is 9.68. The number of hydrogen-bond acceptors (Lipinski definition) is 3. The van der Waals surface area contributed by atoms with Gasteiger partial charge in [0.05, 0.1) is 19.1 Å². The SMILES string of the molecule is CCCCCC1CCC(C2CCC(C(F)(F)OC3COC(C4CCC(c5ccc(F)c(F)c5)CC4)OC3)CC2)CC1. The van der Waals surface area contributed by atoms with Crippen molar-refractivity contribution in [3.63, 3.8) is 0 Å². The van der Waals surface area contributed by atoms with Crippen LogP contribution in [-0.4, -0.2) is 31.7 Å². The Kier molecular flexibility index (Phi) is 11.1. The highest BCUT2D eigenvalue weighted by Crippen LogP contribution is 2.46. The van der Waals surface area contributed by atoms with Crippen LogP contribution in [0.15, 0.2) is 18.2 Å². The van der Waals surface area contributed by atoms with E-state index in [0.717, 1.165) is 55.9 Å². The zero-order chi connectivity index (χ0) is 28.8. The van der Waals surface area contributed by atoms with Gasteiger partial charge in [0.25, 0.3) is 0 Å². The molecule has 7 heteroatoms. The van der Waals surface area contributed by atoms with Crippen LogP contribution in [0, 0.1) is 41.2 Å². The maximum atomic E-state index is 15.2. The molecule has 232 valence electrons. The van der Waals surface area contributed by atoms with Crippen LogP contribution >= 0.6 is 0 Å². The third-order valence-electron chi connectivity index (χ3n) is 10.8. The van der Waals surface area contributed by atoms with Gasteiger partial charge in [0, 0.05) is 5.92 Å². The van der Waals surface area contributed by atoms with E-state index in [-0.39, 0.29) is 25.0 Å². The van der Waals surface area contributed by atoms with Crippen molar-refractivity contribution in [2.45, 2.75) is 134 Å². The number of halogens is 4. The summed E-state index contributed by atoms with van der Waals surface area (Å²) in [5.74, 6) is 0.180. The summed E-state index contributed by atoms with van der Waals surface area (Å²) >= 11 is 0. The molecule has 1 aliphatic heterocycles. The first-order valence-electron chi connectivity index (χ1n) is 16.6. The summed E-state index contributed by atoms with van der Waals surface area (Å²) in [4.78, 5) is 0. The van der Waals surface area contributed by atoms with E-state index in [1.54, 1.807) is 6.07 Å². The Morgan fingerprint density at radius 2 is 1.37 bits per heavy atom. The van der Waals surface area contributed by atoms with Crippen molar-refractivity contribution in [2.24, 2.45) is 29.6 Å². The molecule has 0 radical (unpaired) electrons. The summed E-state index contributed by atoms with van der Waals surface area (Å²) in [6.07, 6.45) is 12.4. The molecule has 5 rings (SSSR count). The lowest BCUT2D eigenvalue weighted by molar-refractivity contribution is -0.338. The van der Waals surface area contributed by atoms with Gasteiger partial charge in [-0.2, -0.15) is 8.78 Å². The molecule has 1 aromatic carbocycles. The minimum atomic E-state index is -3.16. The molecule has 4 fully saturated rings. The third kappa shape index (κ3) is 8.26. The predicted octanol–water partition coefficient (Wildman–Crippen LogP) is 9.78. The summed E-state index contributed by atoms with van der Waals surface area (Å²) in [7, 11) is 0. The fraction of sp³-hybridized carbons (Fsp3) is 0.824. The largest absolute Gasteiger partial charge is 0.358 e. The van der Waals surface area contributed by atoms with Gasteiger partial charge >= 0.3 is 6.11 Å². The average Bonchev–Trinajstić information content (AvgIpc) is 2.99. The van der Waals surface area contributed by atoms with Gasteiger partial charge in [0.15, 0.2) is 17.9 Å². The molecule has 1 heterocycles. The number of rotatable bonds is 10. The molecule has 1 aromatic rings. The van der Waals surface area contributed by atoms with Crippen LogP contribution in [0.4, 0.5) is 17.6 Å². The predicted molar refractivity (Wildman–Crippen MR) is 152 cm³/mol. The quantitative estimate of drug-likeness (QED) is 0.203. The second-order valence-corrected chi connectivity index (χ2v) is 13.5. The second-order valence-electron chi connectivity index (χ2n) is 13.5. The van der Waals surface area contributed by atoms with E-state index in [9.17, 15) is 8.78 Å². The lowest BCUT2D eigenvalue weighted by Crippen LogP contribution is -2.46. The Hall–Kier alpha value is -1.18. The Morgan fingerprint density at radius 1 is 0.756 bits per heavy atom. The first-order chi connectivity index (χ1) is 19.8. The van der Waals surface area contributed by atoms with Crippen molar-refractivity contribution in [2.75, 3.05) is 13.2 Å². The minimum Gasteiger partial charge on any atom is -0.350 e. The summed E-state index contributed by atoms with van der Waals surface area (Å²) in [6, 6.07) is 4.14. The van der Waals surface area contributed by atoms with E-state index in [4.69, 9.17) is 14.2 Å². The second kappa shape index (κ2) is 14.5. The molecule has 0 spiro atoms. The molecule has 41 heavy (non-hydrogen) atoms. The number of hydrogen-bond donors (Lipinski definition) is 0. The molecule has 0 bridgehead atoms. The maximum Gasteiger partial charge on any atom is 0.358 e. The molecular weight excluding hydrogens is 532 g/mol. The van der Waals surface area contributed by atoms with Crippen LogP contribution in [0.5, 0.6) is 0 Å². The number of alkyl halides is 2. The highest BCUT2D eigenvalue weighted by molar-refractivity contribution is 5.22. The lowest BCUT2D eigenvalue weighted by Gasteiger charge is -2.41. The maximum absolute atomic E-state index is 15.2. The average molecular weight is 583 g/mol. The van der Waals surface area contributed by atoms with Gasteiger partial charge in [-0.25, -0.2) is 8.78 Å². The van der Waals surface area contributed by atoms with Crippen molar-refractivity contribution in [1.29, 1.82) is 0 Å². The van der Waals surface area contributed by atoms with Crippen molar-refractivity contribution in [3.8, 4) is 0 Å². The smallest absolute Gasteiger partial charge is 0.350 e. The molecule has 0 aromatic heterocycles. The van der Waals surface area contributed by atoms with E-state index in [1.165, 1.54) is 63.5 Å². The van der Waals surface area contributed by atoms with E-state index in [2.05, 4.69) is 6.92 Å². The Balaban J connectivity index is 0.992. The summed E-state index contributed by atoms with van der Waals surface area (Å²) in [5.41, 5.74) is 0.822. The number of unbranched alkanes of at least 4 members (excludes halogenated alkanes) is 2. The van der Waals surface area contributed by atoms with Gasteiger partial charge in [0.1, 0.15) is 6.10 Å². The summed E-state index contributed by atoms with van der Waals surface area (Å²) in [5, 5.41) is 0. The standard InChI is InChI=1S/C34H50F4O3/c1-2-3-4-5-23-6-8-24(9-7-23)25-14-17-29(18-15-25)34(37,38)41-30-21-39-33(40-22-30)27-12-10-26(11-13-27)28-16-19-31(35)32(36)20-28/h16,19-20,23-27,29-30,33H,2-15,17-18,21-22H2,1H3. The van der Waals surface area contributed by atoms with E-state index in [0.29, 0.717) is 18.8 Å². The highest BCUT2D eigenvalue weighted by Gasteiger charge is 2.46. The topological polar surface area (TPSA) is 27.7 Å². The Labute approximate surface area is 244 Å². The first kappa shape index (κ1) is 31.3. The number of ether oxygens (including phenoxy) is 3. The normalized spacial score (nSPS) is 35.3. The molecule has 0 atom stereocenters. The van der Waals surface area contributed by atoms with Crippen LogP contribution in [0.25, 0.3) is 0 Å². The molecule has 3 saturated carbocycles. The van der Waals surface area contributed by atoms with Crippen LogP contribution in [-0.2, 0) is 14.2 Å². The molecule has 1 saturated heterocycles. The minimum absolute atomic E-state index is 0.111. The van der Waals surface area contributed by atoms with Crippen molar-refractivity contribution in [1.82, 2.24) is 0 Å². The van der Waals surface area contributed by atoms with Crippen molar-refractivity contribution < 1.29 is 31.8 Å². The molecule has 0 amide bonds. The van der Waals surface area contributed by atoms with Gasteiger partial charge in [-0.3, -0.25) is 0 Å². The van der Waals surface area contributed by atoms with Crippen LogP contribution in [0.3, 0.4) is 0 Å². The van der Waals surface area contributed by atoms with E-state index < -0.39 is 36.1 Å². The molecule has 0 N–H and O–H groups in total. The van der Waals surface area contributed by atoms with Crippen LogP contribution < -0.4 is 0 Å². The zero-order valence-electron chi connectivity index (χ0n) is 24.8. The molecule has 3 aliphatic carbocycles. The fourth-order valence-corrected chi connectivity index (χ4v) is 8.21. The molecular formula is C34H50F4O3. The fourth-order valence-electron chi connectivity index (χ4n) is 8.21. The monoisotopic (exact) mass is 582 g/mol. The summed E-state index contributed by atoms with van der Waals surface area (Å²) in [6.45, 7) is 2.48. The van der Waals surface area contributed by atoms with Crippen molar-refractivity contribution in [3.05, 3.63) is 35.4 Å². The molecule has 0 unspecified atom stereocenters. The third-order valence-corrected chi connectivity index (χ3v) is 10.8. The van der Waals surface area contributed by atoms with Crippen LogP contribution in [0.1, 0.15) is 121 Å². The zero-order valence-corrected chi connectivity index (χ0v) is 24.8. The summed E-state index contributed by atoms with van der Waals surface area (Å²) < 4.78 is 74.4. The van der Waals surface area contributed by atoms with E-state index in [1.807, 2.05) is 0 Å². The van der Waals surface area contributed by atoms with E-state index >= 15 is 8.78 Å². The van der Waals surface area contributed by atoms with Gasteiger partial charge < -0.3 is 14.2 Å². The van der Waals surface area contributed by atoms with Crippen LogP contribution in [0.2, 0.25) is 0 Å². The highest BCUT2D eigenvalue weighted by atomic mass is 19.3. The molecule has 4 aliphatic rings. The first-order valence-corrected chi connectivity index (χ1v) is 16.6. The number of benzene rings is 1. The Bertz CT molecular complexity index is 926. The molecule has 3 nitrogen and oxygen atoms in total.